The van der Waals surface area contributed by atoms with Crippen molar-refractivity contribution in [3.63, 3.8) is 0 Å². The van der Waals surface area contributed by atoms with E-state index in [2.05, 4.69) is 5.32 Å². The summed E-state index contributed by atoms with van der Waals surface area (Å²) < 4.78 is 11.2. The van der Waals surface area contributed by atoms with Gasteiger partial charge in [0, 0.05) is 12.6 Å². The molecule has 0 bridgehead atoms. The number of hydrogen-bond acceptors (Lipinski definition) is 4. The molecule has 33 heavy (non-hydrogen) atoms. The second-order valence-electron chi connectivity index (χ2n) is 8.77. The quantitative estimate of drug-likeness (QED) is 0.574. The van der Waals surface area contributed by atoms with Crippen molar-refractivity contribution in [2.24, 2.45) is 0 Å². The Labute approximate surface area is 197 Å². The zero-order valence-corrected chi connectivity index (χ0v) is 20.2. The van der Waals surface area contributed by atoms with Gasteiger partial charge in [0.1, 0.15) is 17.5 Å². The van der Waals surface area contributed by atoms with Crippen molar-refractivity contribution in [1.29, 1.82) is 0 Å². The van der Waals surface area contributed by atoms with Crippen LogP contribution in [0.25, 0.3) is 0 Å². The first-order valence-corrected chi connectivity index (χ1v) is 11.8. The molecule has 178 valence electrons. The number of aryl methyl sites for hydroxylation is 1. The lowest BCUT2D eigenvalue weighted by molar-refractivity contribution is -0.143. The molecule has 3 rings (SSSR count). The minimum absolute atomic E-state index is 0.0904. The van der Waals surface area contributed by atoms with E-state index in [0.29, 0.717) is 18.7 Å². The highest BCUT2D eigenvalue weighted by Gasteiger charge is 2.31. The van der Waals surface area contributed by atoms with Crippen molar-refractivity contribution in [2.75, 3.05) is 13.7 Å². The van der Waals surface area contributed by atoms with Crippen LogP contribution < -0.4 is 14.8 Å². The van der Waals surface area contributed by atoms with Crippen LogP contribution in [0.3, 0.4) is 0 Å². The third-order valence-electron chi connectivity index (χ3n) is 6.48. The third kappa shape index (κ3) is 6.50. The summed E-state index contributed by atoms with van der Waals surface area (Å²) in [6.45, 7) is 6.12. The molecule has 0 heterocycles. The molecule has 1 aliphatic carbocycles. The minimum atomic E-state index is -0.563. The Kier molecular flexibility index (Phi) is 8.75. The molecule has 0 saturated heterocycles. The smallest absolute Gasteiger partial charge is 0.261 e. The number of ether oxygens (including phenoxy) is 2. The summed E-state index contributed by atoms with van der Waals surface area (Å²) >= 11 is 0. The van der Waals surface area contributed by atoms with Gasteiger partial charge in [-0.2, -0.15) is 0 Å². The molecule has 0 spiro atoms. The maximum Gasteiger partial charge on any atom is 0.261 e. The maximum atomic E-state index is 13.4. The van der Waals surface area contributed by atoms with Crippen LogP contribution in [-0.4, -0.2) is 42.5 Å². The molecule has 6 heteroatoms. The first-order chi connectivity index (χ1) is 15.9. The van der Waals surface area contributed by atoms with Crippen molar-refractivity contribution < 1.29 is 19.1 Å². The Bertz CT molecular complexity index is 953. The Hall–Kier alpha value is -3.02. The number of carbonyl (C=O) groups is 2. The highest BCUT2D eigenvalue weighted by molar-refractivity contribution is 5.88. The predicted molar refractivity (Wildman–Crippen MR) is 129 cm³/mol. The lowest BCUT2D eigenvalue weighted by Crippen LogP contribution is -2.52. The van der Waals surface area contributed by atoms with Crippen LogP contribution in [0.2, 0.25) is 0 Å². The summed E-state index contributed by atoms with van der Waals surface area (Å²) in [5, 5.41) is 3.17. The van der Waals surface area contributed by atoms with Gasteiger partial charge >= 0.3 is 0 Å². The van der Waals surface area contributed by atoms with Crippen molar-refractivity contribution in [2.45, 2.75) is 71.5 Å². The molecule has 1 atom stereocenters. The van der Waals surface area contributed by atoms with E-state index < -0.39 is 6.04 Å². The van der Waals surface area contributed by atoms with Gasteiger partial charge in [-0.25, -0.2) is 0 Å². The largest absolute Gasteiger partial charge is 0.497 e. The van der Waals surface area contributed by atoms with E-state index in [1.807, 2.05) is 63.2 Å². The number of carbonyl (C=O) groups excluding carboxylic acids is 2. The number of nitrogens with one attached hydrogen (secondary N) is 1. The van der Waals surface area contributed by atoms with E-state index in [1.54, 1.807) is 12.0 Å². The predicted octanol–water partition coefficient (Wildman–Crippen LogP) is 4.56. The van der Waals surface area contributed by atoms with E-state index in [4.69, 9.17) is 9.47 Å². The SMILES string of the molecule is CC[C@@H](C(=O)NC1CCCC1)N(Cc1cccc(OC)c1)C(=O)COc1cccc(C)c1C. The highest BCUT2D eigenvalue weighted by Crippen LogP contribution is 2.22. The summed E-state index contributed by atoms with van der Waals surface area (Å²) in [4.78, 5) is 28.2. The molecule has 1 saturated carbocycles. The number of benzene rings is 2. The summed E-state index contributed by atoms with van der Waals surface area (Å²) in [6.07, 6.45) is 4.80. The topological polar surface area (TPSA) is 67.9 Å². The molecule has 2 aromatic carbocycles. The molecule has 6 nitrogen and oxygen atoms in total. The summed E-state index contributed by atoms with van der Waals surface area (Å²) in [5.41, 5.74) is 3.02. The summed E-state index contributed by atoms with van der Waals surface area (Å²) in [6, 6.07) is 13.0. The lowest BCUT2D eigenvalue weighted by atomic mass is 10.1. The van der Waals surface area contributed by atoms with Gasteiger partial charge in [-0.3, -0.25) is 9.59 Å². The fourth-order valence-corrected chi connectivity index (χ4v) is 4.36. The molecule has 2 aromatic rings. The van der Waals surface area contributed by atoms with Crippen molar-refractivity contribution in [1.82, 2.24) is 10.2 Å². The van der Waals surface area contributed by atoms with Crippen LogP contribution in [0.1, 0.15) is 55.7 Å². The van der Waals surface area contributed by atoms with E-state index in [9.17, 15) is 9.59 Å². The van der Waals surface area contributed by atoms with Crippen molar-refractivity contribution in [3.8, 4) is 11.5 Å². The average Bonchev–Trinajstić information content (AvgIpc) is 3.32. The molecule has 0 aliphatic heterocycles. The minimum Gasteiger partial charge on any atom is -0.497 e. The van der Waals surface area contributed by atoms with Gasteiger partial charge in [-0.15, -0.1) is 0 Å². The Morgan fingerprint density at radius 2 is 1.85 bits per heavy atom. The van der Waals surface area contributed by atoms with E-state index in [-0.39, 0.29) is 24.5 Å². The molecule has 1 fully saturated rings. The monoisotopic (exact) mass is 452 g/mol. The van der Waals surface area contributed by atoms with E-state index >= 15 is 0 Å². The molecule has 2 amide bonds. The van der Waals surface area contributed by atoms with Crippen molar-refractivity contribution in [3.05, 3.63) is 59.2 Å². The first kappa shape index (κ1) is 24.6. The van der Waals surface area contributed by atoms with Crippen LogP contribution in [0.4, 0.5) is 0 Å². The molecule has 0 aromatic heterocycles. The molecular weight excluding hydrogens is 416 g/mol. The van der Waals surface area contributed by atoms with Gasteiger partial charge in [0.2, 0.25) is 5.91 Å². The standard InChI is InChI=1S/C27H36N2O4/c1-5-24(27(31)28-22-12-6-7-13-22)29(17-21-11-9-14-23(16-21)32-4)26(30)18-33-25-15-8-10-19(2)20(25)3/h8-11,14-16,22,24H,5-7,12-13,17-18H2,1-4H3,(H,28,31)/t24-/m0/s1. The first-order valence-electron chi connectivity index (χ1n) is 11.8. The number of hydrogen-bond donors (Lipinski definition) is 1. The number of amides is 2. The molecular formula is C27H36N2O4. The van der Waals surface area contributed by atoms with Gasteiger partial charge in [0.25, 0.3) is 5.91 Å². The zero-order valence-electron chi connectivity index (χ0n) is 20.2. The molecule has 1 N–H and O–H groups in total. The lowest BCUT2D eigenvalue weighted by Gasteiger charge is -2.31. The Morgan fingerprint density at radius 3 is 2.55 bits per heavy atom. The summed E-state index contributed by atoms with van der Waals surface area (Å²) in [5.74, 6) is 1.10. The van der Waals surface area contributed by atoms with Crippen molar-refractivity contribution >= 4 is 11.8 Å². The fraction of sp³-hybridized carbons (Fsp3) is 0.481. The maximum absolute atomic E-state index is 13.4. The zero-order chi connectivity index (χ0) is 23.8. The van der Waals surface area contributed by atoms with Gasteiger partial charge in [-0.1, -0.05) is 44.0 Å². The van der Waals surface area contributed by atoms with Crippen LogP contribution in [0, 0.1) is 13.8 Å². The normalized spacial score (nSPS) is 14.5. The molecule has 0 unspecified atom stereocenters. The van der Waals surface area contributed by atoms with Crippen LogP contribution in [0.15, 0.2) is 42.5 Å². The van der Waals surface area contributed by atoms with Gasteiger partial charge in [0.15, 0.2) is 6.61 Å². The second-order valence-corrected chi connectivity index (χ2v) is 8.77. The second kappa shape index (κ2) is 11.7. The van der Waals surface area contributed by atoms with Gasteiger partial charge in [0.05, 0.1) is 7.11 Å². The number of nitrogens with zero attached hydrogens (tertiary/aromatic N) is 1. The fourth-order valence-electron chi connectivity index (χ4n) is 4.36. The van der Waals surface area contributed by atoms with E-state index in [0.717, 1.165) is 48.1 Å². The number of methoxy groups -OCH3 is 1. The Balaban J connectivity index is 1.79. The molecule has 1 aliphatic rings. The van der Waals surface area contributed by atoms with Crippen LogP contribution >= 0.6 is 0 Å². The number of rotatable bonds is 10. The van der Waals surface area contributed by atoms with Gasteiger partial charge < -0.3 is 19.7 Å². The molecule has 0 radical (unpaired) electrons. The average molecular weight is 453 g/mol. The van der Waals surface area contributed by atoms with Crippen LogP contribution in [-0.2, 0) is 16.1 Å². The third-order valence-corrected chi connectivity index (χ3v) is 6.48. The van der Waals surface area contributed by atoms with E-state index in [1.165, 1.54) is 0 Å². The highest BCUT2D eigenvalue weighted by atomic mass is 16.5. The summed E-state index contributed by atoms with van der Waals surface area (Å²) in [7, 11) is 1.62. The van der Waals surface area contributed by atoms with Gasteiger partial charge in [-0.05, 0) is 68.0 Å². The van der Waals surface area contributed by atoms with Crippen LogP contribution in [0.5, 0.6) is 11.5 Å². The Morgan fingerprint density at radius 1 is 1.12 bits per heavy atom.